The minimum atomic E-state index is -3.80. The largest absolute Gasteiger partial charge is 0.280 e. The molecule has 2 aromatic carbocycles. The van der Waals surface area contributed by atoms with Crippen molar-refractivity contribution in [2.24, 2.45) is 0 Å². The predicted octanol–water partition coefficient (Wildman–Crippen LogP) is 2.81. The number of benzene rings is 2. The molecule has 6 heteroatoms. The van der Waals surface area contributed by atoms with E-state index < -0.39 is 15.8 Å². The molecule has 0 radical (unpaired) electrons. The molecular formula is C14H11FN2O2S. The van der Waals surface area contributed by atoms with E-state index in [1.54, 1.807) is 6.92 Å². The Bertz CT molecular complexity index is 758. The molecule has 0 atom stereocenters. The zero-order chi connectivity index (χ0) is 14.8. The van der Waals surface area contributed by atoms with E-state index in [4.69, 9.17) is 5.26 Å². The molecule has 0 saturated carbocycles. The third-order valence-corrected chi connectivity index (χ3v) is 3.99. The van der Waals surface area contributed by atoms with Crippen LogP contribution in [-0.4, -0.2) is 8.42 Å². The molecule has 0 fully saturated rings. The molecule has 4 nitrogen and oxygen atoms in total. The van der Waals surface area contributed by atoms with Crippen LogP contribution in [0.2, 0.25) is 0 Å². The first-order chi connectivity index (χ1) is 9.40. The second-order valence-electron chi connectivity index (χ2n) is 4.26. The van der Waals surface area contributed by atoms with Crippen LogP contribution in [0.1, 0.15) is 11.1 Å². The third-order valence-electron chi connectivity index (χ3n) is 2.59. The van der Waals surface area contributed by atoms with Gasteiger partial charge < -0.3 is 0 Å². The van der Waals surface area contributed by atoms with Gasteiger partial charge in [-0.3, -0.25) is 4.72 Å². The lowest BCUT2D eigenvalue weighted by atomic mass is 10.2. The molecule has 0 saturated heterocycles. The van der Waals surface area contributed by atoms with Gasteiger partial charge >= 0.3 is 0 Å². The van der Waals surface area contributed by atoms with E-state index in [-0.39, 0.29) is 10.6 Å². The van der Waals surface area contributed by atoms with E-state index >= 15 is 0 Å². The van der Waals surface area contributed by atoms with Crippen LogP contribution in [0.4, 0.5) is 10.1 Å². The summed E-state index contributed by atoms with van der Waals surface area (Å²) in [6.45, 7) is 1.67. The Morgan fingerprint density at radius 1 is 1.15 bits per heavy atom. The Morgan fingerprint density at radius 3 is 2.35 bits per heavy atom. The molecule has 0 amide bonds. The first kappa shape index (κ1) is 14.0. The smallest absolute Gasteiger partial charge is 0.261 e. The summed E-state index contributed by atoms with van der Waals surface area (Å²) in [5.74, 6) is -0.512. The van der Waals surface area contributed by atoms with Gasteiger partial charge in [0.05, 0.1) is 22.2 Å². The van der Waals surface area contributed by atoms with Gasteiger partial charge in [0.25, 0.3) is 10.0 Å². The van der Waals surface area contributed by atoms with E-state index in [0.29, 0.717) is 11.1 Å². The predicted molar refractivity (Wildman–Crippen MR) is 73.1 cm³/mol. The summed E-state index contributed by atoms with van der Waals surface area (Å²) in [7, 11) is -3.80. The van der Waals surface area contributed by atoms with Gasteiger partial charge in [-0.15, -0.1) is 0 Å². The molecule has 0 aliphatic rings. The molecule has 20 heavy (non-hydrogen) atoms. The number of hydrogen-bond donors (Lipinski definition) is 1. The average Bonchev–Trinajstić information content (AvgIpc) is 2.37. The SMILES string of the molecule is Cc1cc(F)cc(NS(=O)(=O)c2ccc(C#N)cc2)c1. The Kier molecular flexibility index (Phi) is 3.72. The van der Waals surface area contributed by atoms with Gasteiger partial charge in [-0.2, -0.15) is 5.26 Å². The van der Waals surface area contributed by atoms with Crippen molar-refractivity contribution in [1.82, 2.24) is 0 Å². The standard InChI is InChI=1S/C14H11FN2O2S/c1-10-6-12(15)8-13(7-10)17-20(18,19)14-4-2-11(9-16)3-5-14/h2-8,17H,1H3. The highest BCUT2D eigenvalue weighted by atomic mass is 32.2. The molecule has 2 rings (SSSR count). The van der Waals surface area contributed by atoms with Crippen molar-refractivity contribution in [1.29, 1.82) is 5.26 Å². The van der Waals surface area contributed by atoms with Crippen molar-refractivity contribution in [3.05, 3.63) is 59.4 Å². The van der Waals surface area contributed by atoms with E-state index in [1.165, 1.54) is 36.4 Å². The van der Waals surface area contributed by atoms with Crippen LogP contribution in [0, 0.1) is 24.1 Å². The van der Waals surface area contributed by atoms with Gasteiger partial charge in [0, 0.05) is 0 Å². The van der Waals surface area contributed by atoms with E-state index in [9.17, 15) is 12.8 Å². The van der Waals surface area contributed by atoms with Gasteiger partial charge in [0.1, 0.15) is 5.82 Å². The van der Waals surface area contributed by atoms with Crippen LogP contribution >= 0.6 is 0 Å². The molecule has 102 valence electrons. The summed E-state index contributed by atoms with van der Waals surface area (Å²) < 4.78 is 39.8. The average molecular weight is 290 g/mol. The summed E-state index contributed by atoms with van der Waals surface area (Å²) >= 11 is 0. The molecule has 0 spiro atoms. The normalized spacial score (nSPS) is 10.8. The topological polar surface area (TPSA) is 70.0 Å². The molecule has 0 aromatic heterocycles. The van der Waals surface area contributed by atoms with Gasteiger partial charge in [0.2, 0.25) is 0 Å². The van der Waals surface area contributed by atoms with Crippen molar-refractivity contribution in [2.45, 2.75) is 11.8 Å². The Hall–Kier alpha value is -2.39. The number of hydrogen-bond acceptors (Lipinski definition) is 3. The summed E-state index contributed by atoms with van der Waals surface area (Å²) in [4.78, 5) is 0.0124. The van der Waals surface area contributed by atoms with Crippen molar-refractivity contribution in [3.8, 4) is 6.07 Å². The quantitative estimate of drug-likeness (QED) is 0.945. The number of halogens is 1. The van der Waals surface area contributed by atoms with Crippen molar-refractivity contribution in [2.75, 3.05) is 4.72 Å². The maximum atomic E-state index is 13.2. The molecule has 0 heterocycles. The van der Waals surface area contributed by atoms with Crippen LogP contribution in [0.15, 0.2) is 47.4 Å². The number of nitrogens with one attached hydrogen (secondary N) is 1. The first-order valence-corrected chi connectivity index (χ1v) is 7.19. The molecule has 1 N–H and O–H groups in total. The maximum absolute atomic E-state index is 13.2. The van der Waals surface area contributed by atoms with E-state index in [2.05, 4.69) is 4.72 Å². The minimum absolute atomic E-state index is 0.0124. The van der Waals surface area contributed by atoms with Crippen LogP contribution in [0.3, 0.4) is 0 Å². The van der Waals surface area contributed by atoms with E-state index in [0.717, 1.165) is 6.07 Å². The fraction of sp³-hybridized carbons (Fsp3) is 0.0714. The lowest BCUT2D eigenvalue weighted by Gasteiger charge is -2.09. The monoisotopic (exact) mass is 290 g/mol. The van der Waals surface area contributed by atoms with Crippen molar-refractivity contribution >= 4 is 15.7 Å². The second-order valence-corrected chi connectivity index (χ2v) is 5.94. The zero-order valence-electron chi connectivity index (χ0n) is 10.6. The van der Waals surface area contributed by atoms with Crippen LogP contribution in [0.5, 0.6) is 0 Å². The Balaban J connectivity index is 2.33. The highest BCUT2D eigenvalue weighted by Gasteiger charge is 2.14. The molecular weight excluding hydrogens is 279 g/mol. The van der Waals surface area contributed by atoms with Crippen LogP contribution in [0.25, 0.3) is 0 Å². The summed E-state index contributed by atoms with van der Waals surface area (Å²) in [6, 6.07) is 11.3. The van der Waals surface area contributed by atoms with Gasteiger partial charge in [-0.1, -0.05) is 0 Å². The number of nitriles is 1. The first-order valence-electron chi connectivity index (χ1n) is 5.71. The number of anilines is 1. The van der Waals surface area contributed by atoms with Crippen LogP contribution < -0.4 is 4.72 Å². The number of aryl methyl sites for hydroxylation is 1. The van der Waals surface area contributed by atoms with Crippen molar-refractivity contribution < 1.29 is 12.8 Å². The molecule has 0 bridgehead atoms. The fourth-order valence-corrected chi connectivity index (χ4v) is 2.76. The lowest BCUT2D eigenvalue weighted by Crippen LogP contribution is -2.13. The highest BCUT2D eigenvalue weighted by molar-refractivity contribution is 7.92. The molecule has 2 aromatic rings. The summed E-state index contributed by atoms with van der Waals surface area (Å²) in [5.41, 5.74) is 1.14. The van der Waals surface area contributed by atoms with Gasteiger partial charge in [-0.25, -0.2) is 12.8 Å². The number of sulfonamides is 1. The Labute approximate surface area is 116 Å². The molecule has 0 unspecified atom stereocenters. The highest BCUT2D eigenvalue weighted by Crippen LogP contribution is 2.19. The molecule has 0 aliphatic carbocycles. The Morgan fingerprint density at radius 2 is 1.80 bits per heavy atom. The second kappa shape index (κ2) is 5.31. The number of rotatable bonds is 3. The summed E-state index contributed by atoms with van der Waals surface area (Å²) in [5, 5.41) is 8.67. The van der Waals surface area contributed by atoms with Crippen LogP contribution in [-0.2, 0) is 10.0 Å². The number of nitrogens with zero attached hydrogens (tertiary/aromatic N) is 1. The molecule has 0 aliphatic heterocycles. The van der Waals surface area contributed by atoms with Gasteiger partial charge in [0.15, 0.2) is 0 Å². The maximum Gasteiger partial charge on any atom is 0.261 e. The van der Waals surface area contributed by atoms with E-state index in [1.807, 2.05) is 6.07 Å². The third kappa shape index (κ3) is 3.13. The zero-order valence-corrected chi connectivity index (χ0v) is 11.4. The van der Waals surface area contributed by atoms with Crippen molar-refractivity contribution in [3.63, 3.8) is 0 Å². The lowest BCUT2D eigenvalue weighted by molar-refractivity contribution is 0.601. The van der Waals surface area contributed by atoms with Gasteiger partial charge in [-0.05, 0) is 55.0 Å². The summed E-state index contributed by atoms with van der Waals surface area (Å²) in [6.07, 6.45) is 0. The fourth-order valence-electron chi connectivity index (χ4n) is 1.72. The minimum Gasteiger partial charge on any atom is -0.280 e.